The number of carbonyl (C=O) groups excluding carboxylic acids is 2. The Morgan fingerprint density at radius 2 is 1.92 bits per heavy atom. The fraction of sp³-hybridized carbons (Fsp3) is 0.379. The first-order chi connectivity index (χ1) is 17.9. The van der Waals surface area contributed by atoms with Gasteiger partial charge in [0.2, 0.25) is 12.7 Å². The van der Waals surface area contributed by atoms with E-state index in [1.165, 1.54) is 10.4 Å². The molecule has 0 spiro atoms. The molecular weight excluding hydrogens is 488 g/mol. The van der Waals surface area contributed by atoms with E-state index in [4.69, 9.17) is 14.2 Å². The molecular formula is C29H32N2O5S. The number of amides is 2. The van der Waals surface area contributed by atoms with Crippen molar-refractivity contribution in [2.45, 2.75) is 45.7 Å². The van der Waals surface area contributed by atoms with E-state index in [0.717, 1.165) is 24.2 Å². The van der Waals surface area contributed by atoms with Gasteiger partial charge in [-0.05, 0) is 74.0 Å². The molecule has 8 heteroatoms. The van der Waals surface area contributed by atoms with Crippen molar-refractivity contribution in [2.24, 2.45) is 0 Å². The van der Waals surface area contributed by atoms with Crippen LogP contribution in [0, 0.1) is 6.92 Å². The van der Waals surface area contributed by atoms with Gasteiger partial charge in [0, 0.05) is 23.0 Å². The average Bonchev–Trinajstić information content (AvgIpc) is 3.59. The van der Waals surface area contributed by atoms with Gasteiger partial charge in [-0.1, -0.05) is 24.6 Å². The lowest BCUT2D eigenvalue weighted by Crippen LogP contribution is -2.49. The Bertz CT molecular complexity index is 1270. The lowest BCUT2D eigenvalue weighted by Gasteiger charge is -2.38. The van der Waals surface area contributed by atoms with Crippen LogP contribution in [-0.4, -0.2) is 54.1 Å². The van der Waals surface area contributed by atoms with E-state index in [9.17, 15) is 9.59 Å². The Hall–Kier alpha value is -3.52. The largest absolute Gasteiger partial charge is 0.491 e. The van der Waals surface area contributed by atoms with Gasteiger partial charge >= 0.3 is 0 Å². The van der Waals surface area contributed by atoms with Crippen molar-refractivity contribution in [3.63, 3.8) is 0 Å². The van der Waals surface area contributed by atoms with Crippen LogP contribution in [-0.2, 0) is 11.2 Å². The number of hydrogen-bond donors (Lipinski definition) is 0. The van der Waals surface area contributed by atoms with Crippen molar-refractivity contribution in [1.29, 1.82) is 0 Å². The van der Waals surface area contributed by atoms with Crippen LogP contribution in [0.5, 0.6) is 17.2 Å². The van der Waals surface area contributed by atoms with Crippen LogP contribution in [0.3, 0.4) is 0 Å². The Kier molecular flexibility index (Phi) is 7.37. The molecule has 2 amide bonds. The summed E-state index contributed by atoms with van der Waals surface area (Å²) in [7, 11) is 0. The maximum Gasteiger partial charge on any atom is 0.254 e. The smallest absolute Gasteiger partial charge is 0.254 e. The van der Waals surface area contributed by atoms with Gasteiger partial charge in [-0.3, -0.25) is 9.59 Å². The molecule has 2 aromatic carbocycles. The minimum Gasteiger partial charge on any atom is -0.491 e. The van der Waals surface area contributed by atoms with E-state index >= 15 is 0 Å². The van der Waals surface area contributed by atoms with E-state index < -0.39 is 0 Å². The zero-order valence-electron chi connectivity index (χ0n) is 21.4. The van der Waals surface area contributed by atoms with Gasteiger partial charge in [0.25, 0.3) is 5.91 Å². The van der Waals surface area contributed by atoms with Crippen LogP contribution < -0.4 is 14.2 Å². The fourth-order valence-corrected chi connectivity index (χ4v) is 5.69. The molecule has 0 radical (unpaired) electrons. The van der Waals surface area contributed by atoms with Gasteiger partial charge in [0.15, 0.2) is 11.5 Å². The van der Waals surface area contributed by atoms with E-state index in [0.29, 0.717) is 30.2 Å². The first kappa shape index (κ1) is 25.1. The molecule has 3 aromatic rings. The van der Waals surface area contributed by atoms with Gasteiger partial charge < -0.3 is 24.0 Å². The molecule has 2 aliphatic heterocycles. The molecule has 0 saturated carbocycles. The van der Waals surface area contributed by atoms with Crippen molar-refractivity contribution >= 4 is 23.2 Å². The van der Waals surface area contributed by atoms with E-state index in [2.05, 4.69) is 11.4 Å². The molecule has 7 nitrogen and oxygen atoms in total. The third-order valence-corrected chi connectivity index (χ3v) is 8.15. The van der Waals surface area contributed by atoms with Crippen LogP contribution in [0.2, 0.25) is 0 Å². The Balaban J connectivity index is 1.35. The predicted octanol–water partition coefficient (Wildman–Crippen LogP) is 5.23. The number of thiophene rings is 1. The average molecular weight is 521 g/mol. The summed E-state index contributed by atoms with van der Waals surface area (Å²) in [5.41, 5.74) is 2.78. The van der Waals surface area contributed by atoms with Crippen LogP contribution in [0.25, 0.3) is 0 Å². The summed E-state index contributed by atoms with van der Waals surface area (Å²) < 4.78 is 17.0. The number of rotatable bonds is 8. The van der Waals surface area contributed by atoms with Crippen molar-refractivity contribution < 1.29 is 23.8 Å². The minimum absolute atomic E-state index is 0.00276. The third kappa shape index (κ3) is 5.30. The molecule has 0 fully saturated rings. The highest BCUT2D eigenvalue weighted by Gasteiger charge is 2.34. The Labute approximate surface area is 221 Å². The molecule has 2 aliphatic rings. The number of benzene rings is 2. The number of nitrogens with zero attached hydrogens (tertiary/aromatic N) is 2. The van der Waals surface area contributed by atoms with Gasteiger partial charge in [-0.15, -0.1) is 11.3 Å². The quantitative estimate of drug-likeness (QED) is 0.407. The summed E-state index contributed by atoms with van der Waals surface area (Å²) in [6.45, 7) is 7.14. The van der Waals surface area contributed by atoms with Crippen LogP contribution in [0.4, 0.5) is 0 Å². The highest BCUT2D eigenvalue weighted by molar-refractivity contribution is 7.10. The molecule has 3 heterocycles. The maximum absolute atomic E-state index is 13.8. The SMILES string of the molecule is CC[C@H](C)N(CC(=O)N1CCc2sccc2[C@@H]1COc1ccc(C)cc1)C(=O)c1ccc2c(c1)OCO2. The summed E-state index contributed by atoms with van der Waals surface area (Å²) in [4.78, 5) is 32.2. The first-order valence-electron chi connectivity index (χ1n) is 12.7. The van der Waals surface area contributed by atoms with Gasteiger partial charge in [-0.25, -0.2) is 0 Å². The second-order valence-corrected chi connectivity index (χ2v) is 10.5. The first-order valence-corrected chi connectivity index (χ1v) is 13.6. The molecule has 0 bridgehead atoms. The zero-order chi connectivity index (χ0) is 25.9. The normalized spacial score (nSPS) is 16.7. The lowest BCUT2D eigenvalue weighted by atomic mass is 10.00. The summed E-state index contributed by atoms with van der Waals surface area (Å²) in [5.74, 6) is 1.68. The highest BCUT2D eigenvalue weighted by Crippen LogP contribution is 2.35. The van der Waals surface area contributed by atoms with Gasteiger partial charge in [-0.2, -0.15) is 0 Å². The van der Waals surface area contributed by atoms with Crippen LogP contribution >= 0.6 is 11.3 Å². The number of carbonyl (C=O) groups is 2. The molecule has 1 aromatic heterocycles. The predicted molar refractivity (Wildman–Crippen MR) is 143 cm³/mol. The van der Waals surface area contributed by atoms with Crippen molar-refractivity contribution in [2.75, 3.05) is 26.5 Å². The molecule has 0 N–H and O–H groups in total. The number of aryl methyl sites for hydroxylation is 1. The fourth-order valence-electron chi connectivity index (χ4n) is 4.76. The highest BCUT2D eigenvalue weighted by atomic mass is 32.1. The second kappa shape index (κ2) is 10.8. The minimum atomic E-state index is -0.205. The second-order valence-electron chi connectivity index (χ2n) is 9.53. The van der Waals surface area contributed by atoms with Crippen molar-refractivity contribution in [3.8, 4) is 17.2 Å². The summed E-state index contributed by atoms with van der Waals surface area (Å²) in [6.07, 6.45) is 1.54. The summed E-state index contributed by atoms with van der Waals surface area (Å²) in [6, 6.07) is 14.9. The number of fused-ring (bicyclic) bond motifs is 2. The number of hydrogen-bond acceptors (Lipinski definition) is 6. The monoisotopic (exact) mass is 520 g/mol. The van der Waals surface area contributed by atoms with Crippen LogP contribution in [0.1, 0.15) is 52.7 Å². The van der Waals surface area contributed by atoms with Gasteiger partial charge in [0.05, 0.1) is 6.04 Å². The maximum atomic E-state index is 13.8. The Morgan fingerprint density at radius 1 is 1.14 bits per heavy atom. The van der Waals surface area contributed by atoms with E-state index in [1.54, 1.807) is 34.4 Å². The van der Waals surface area contributed by atoms with Gasteiger partial charge in [0.1, 0.15) is 18.9 Å². The molecule has 37 heavy (non-hydrogen) atoms. The molecule has 0 unspecified atom stereocenters. The molecule has 0 aliphatic carbocycles. The standard InChI is InChI=1S/C29H32N2O5S/c1-4-20(3)31(29(33)21-7-10-25-26(15-21)36-18-35-25)16-28(32)30-13-11-27-23(12-14-37-27)24(30)17-34-22-8-5-19(2)6-9-22/h5-10,12,14-15,20,24H,4,11,13,16-18H2,1-3H3/t20-,24-/m0/s1. The third-order valence-electron chi connectivity index (χ3n) is 7.15. The molecule has 0 saturated heterocycles. The molecule has 5 rings (SSSR count). The van der Waals surface area contributed by atoms with Crippen LogP contribution in [0.15, 0.2) is 53.9 Å². The summed E-state index contributed by atoms with van der Waals surface area (Å²) >= 11 is 1.72. The molecule has 2 atom stereocenters. The summed E-state index contributed by atoms with van der Waals surface area (Å²) in [5, 5.41) is 2.08. The van der Waals surface area contributed by atoms with E-state index in [-0.39, 0.29) is 37.2 Å². The zero-order valence-corrected chi connectivity index (χ0v) is 22.3. The number of ether oxygens (including phenoxy) is 3. The Morgan fingerprint density at radius 3 is 2.70 bits per heavy atom. The van der Waals surface area contributed by atoms with E-state index in [1.807, 2.05) is 49.9 Å². The molecule has 194 valence electrons. The topological polar surface area (TPSA) is 68.3 Å². The lowest BCUT2D eigenvalue weighted by molar-refractivity contribution is -0.136. The van der Waals surface area contributed by atoms with Crippen molar-refractivity contribution in [1.82, 2.24) is 9.80 Å². The van der Waals surface area contributed by atoms with Crippen molar-refractivity contribution in [3.05, 3.63) is 75.5 Å².